The van der Waals surface area contributed by atoms with Crippen molar-refractivity contribution >= 4 is 23.2 Å². The molecule has 1 aromatic carbocycles. The standard InChI is InChI=1S/C15H22Cl2N2O/c16-14-5-4-12(8-15(14)17)9-18-10-13(20)11-19-6-2-1-3-7-19/h4-5,8,13,18,20H,1-3,6-7,9-11H2/t13-/m1/s1. The Morgan fingerprint density at radius 3 is 2.60 bits per heavy atom. The van der Waals surface area contributed by atoms with Gasteiger partial charge in [-0.1, -0.05) is 35.7 Å². The quantitative estimate of drug-likeness (QED) is 0.847. The highest BCUT2D eigenvalue weighted by molar-refractivity contribution is 6.42. The van der Waals surface area contributed by atoms with Crippen LogP contribution in [0, 0.1) is 0 Å². The maximum atomic E-state index is 10.0. The van der Waals surface area contributed by atoms with Gasteiger partial charge in [-0.05, 0) is 43.6 Å². The normalized spacial score (nSPS) is 18.1. The Kier molecular flexibility index (Phi) is 6.59. The van der Waals surface area contributed by atoms with E-state index in [1.165, 1.54) is 19.3 Å². The molecule has 112 valence electrons. The molecule has 2 N–H and O–H groups in total. The van der Waals surface area contributed by atoms with Crippen LogP contribution in [-0.4, -0.2) is 42.3 Å². The van der Waals surface area contributed by atoms with Gasteiger partial charge in [-0.15, -0.1) is 0 Å². The van der Waals surface area contributed by atoms with Gasteiger partial charge in [0.15, 0.2) is 0 Å². The summed E-state index contributed by atoms with van der Waals surface area (Å²) in [6.07, 6.45) is 3.51. The van der Waals surface area contributed by atoms with Crippen LogP contribution in [0.1, 0.15) is 24.8 Å². The number of halogens is 2. The molecule has 0 unspecified atom stereocenters. The minimum Gasteiger partial charge on any atom is -0.390 e. The molecule has 2 rings (SSSR count). The molecule has 3 nitrogen and oxygen atoms in total. The summed E-state index contributed by atoms with van der Waals surface area (Å²) in [4.78, 5) is 2.34. The van der Waals surface area contributed by atoms with E-state index in [1.54, 1.807) is 6.07 Å². The molecule has 0 aliphatic carbocycles. The average Bonchev–Trinajstić information content (AvgIpc) is 2.44. The molecule has 0 amide bonds. The van der Waals surface area contributed by atoms with E-state index in [-0.39, 0.29) is 6.10 Å². The van der Waals surface area contributed by atoms with Crippen molar-refractivity contribution < 1.29 is 5.11 Å². The molecule has 1 aromatic rings. The van der Waals surface area contributed by atoms with Crippen LogP contribution in [0.25, 0.3) is 0 Å². The summed E-state index contributed by atoms with van der Waals surface area (Å²) in [5.74, 6) is 0. The van der Waals surface area contributed by atoms with E-state index in [4.69, 9.17) is 23.2 Å². The van der Waals surface area contributed by atoms with Crippen LogP contribution in [-0.2, 0) is 6.54 Å². The highest BCUT2D eigenvalue weighted by Gasteiger charge is 2.14. The van der Waals surface area contributed by atoms with Crippen LogP contribution in [0.4, 0.5) is 0 Å². The van der Waals surface area contributed by atoms with Gasteiger partial charge in [0.25, 0.3) is 0 Å². The molecule has 1 saturated heterocycles. The van der Waals surface area contributed by atoms with Crippen molar-refractivity contribution in [2.75, 3.05) is 26.2 Å². The van der Waals surface area contributed by atoms with E-state index >= 15 is 0 Å². The van der Waals surface area contributed by atoms with Crippen molar-refractivity contribution in [2.45, 2.75) is 31.9 Å². The molecule has 1 aliphatic heterocycles. The minimum absolute atomic E-state index is 0.323. The summed E-state index contributed by atoms with van der Waals surface area (Å²) in [7, 11) is 0. The largest absolute Gasteiger partial charge is 0.390 e. The minimum atomic E-state index is -0.323. The number of hydrogen-bond acceptors (Lipinski definition) is 3. The fraction of sp³-hybridized carbons (Fsp3) is 0.600. The first-order valence-corrected chi connectivity index (χ1v) is 7.96. The maximum Gasteiger partial charge on any atom is 0.0791 e. The fourth-order valence-electron chi connectivity index (χ4n) is 2.54. The van der Waals surface area contributed by atoms with Gasteiger partial charge in [0.2, 0.25) is 0 Å². The Morgan fingerprint density at radius 1 is 1.15 bits per heavy atom. The first kappa shape index (κ1) is 16.1. The summed E-state index contributed by atoms with van der Waals surface area (Å²) < 4.78 is 0. The van der Waals surface area contributed by atoms with Crippen LogP contribution in [0.3, 0.4) is 0 Å². The van der Waals surface area contributed by atoms with Crippen molar-refractivity contribution in [2.24, 2.45) is 0 Å². The summed E-state index contributed by atoms with van der Waals surface area (Å²) in [5.41, 5.74) is 1.07. The number of nitrogens with zero attached hydrogens (tertiary/aromatic N) is 1. The lowest BCUT2D eigenvalue weighted by atomic mass is 10.1. The van der Waals surface area contributed by atoms with Crippen LogP contribution >= 0.6 is 23.2 Å². The number of nitrogens with one attached hydrogen (secondary N) is 1. The zero-order valence-corrected chi connectivity index (χ0v) is 13.1. The number of benzene rings is 1. The molecule has 0 spiro atoms. The van der Waals surface area contributed by atoms with Gasteiger partial charge in [-0.3, -0.25) is 0 Å². The second-order valence-corrected chi connectivity index (χ2v) is 6.21. The van der Waals surface area contributed by atoms with Crippen molar-refractivity contribution in [3.8, 4) is 0 Å². The topological polar surface area (TPSA) is 35.5 Å². The Balaban J connectivity index is 1.67. The molecule has 0 aromatic heterocycles. The molecular formula is C15H22Cl2N2O. The average molecular weight is 317 g/mol. The summed E-state index contributed by atoms with van der Waals surface area (Å²) in [6.45, 7) is 4.27. The van der Waals surface area contributed by atoms with E-state index in [0.29, 0.717) is 23.1 Å². The number of aliphatic hydroxyl groups excluding tert-OH is 1. The Morgan fingerprint density at radius 2 is 1.90 bits per heavy atom. The molecular weight excluding hydrogens is 295 g/mol. The van der Waals surface area contributed by atoms with E-state index in [9.17, 15) is 5.11 Å². The number of rotatable bonds is 6. The molecule has 5 heteroatoms. The van der Waals surface area contributed by atoms with Crippen LogP contribution in [0.15, 0.2) is 18.2 Å². The molecule has 20 heavy (non-hydrogen) atoms. The van der Waals surface area contributed by atoms with Crippen molar-refractivity contribution in [3.63, 3.8) is 0 Å². The number of aliphatic hydroxyl groups is 1. The van der Waals surface area contributed by atoms with Crippen LogP contribution < -0.4 is 5.32 Å². The van der Waals surface area contributed by atoms with Gasteiger partial charge < -0.3 is 15.3 Å². The van der Waals surface area contributed by atoms with Crippen LogP contribution in [0.2, 0.25) is 10.0 Å². The Hall–Kier alpha value is -0.320. The second-order valence-electron chi connectivity index (χ2n) is 5.39. The van der Waals surface area contributed by atoms with E-state index in [1.807, 2.05) is 12.1 Å². The maximum absolute atomic E-state index is 10.0. The molecule has 1 aliphatic rings. The monoisotopic (exact) mass is 316 g/mol. The third-order valence-electron chi connectivity index (χ3n) is 3.61. The summed E-state index contributed by atoms with van der Waals surface area (Å²) in [5, 5.41) is 14.4. The molecule has 0 bridgehead atoms. The summed E-state index contributed by atoms with van der Waals surface area (Å²) >= 11 is 11.8. The SMILES string of the molecule is O[C@H](CNCc1ccc(Cl)c(Cl)c1)CN1CCCCC1. The Bertz CT molecular complexity index is 422. The third kappa shape index (κ3) is 5.23. The molecule has 0 saturated carbocycles. The lowest BCUT2D eigenvalue weighted by molar-refractivity contribution is 0.1000. The van der Waals surface area contributed by atoms with E-state index < -0.39 is 0 Å². The molecule has 0 radical (unpaired) electrons. The number of hydrogen-bond donors (Lipinski definition) is 2. The molecule has 1 fully saturated rings. The number of likely N-dealkylation sites (tertiary alicyclic amines) is 1. The predicted octanol–water partition coefficient (Wildman–Crippen LogP) is 2.93. The lowest BCUT2D eigenvalue weighted by Crippen LogP contribution is -2.40. The highest BCUT2D eigenvalue weighted by atomic mass is 35.5. The number of β-amino-alcohol motifs (C(OH)–C–C–N with tert-alkyl or cyclic N) is 1. The number of piperidine rings is 1. The first-order chi connectivity index (χ1) is 9.65. The third-order valence-corrected chi connectivity index (χ3v) is 4.35. The lowest BCUT2D eigenvalue weighted by Gasteiger charge is -2.28. The summed E-state index contributed by atoms with van der Waals surface area (Å²) in [6, 6.07) is 5.59. The van der Waals surface area contributed by atoms with Crippen molar-refractivity contribution in [1.82, 2.24) is 10.2 Å². The smallest absolute Gasteiger partial charge is 0.0791 e. The van der Waals surface area contributed by atoms with Gasteiger partial charge in [0.05, 0.1) is 16.1 Å². The molecule has 1 heterocycles. The Labute approximate surface area is 130 Å². The van der Waals surface area contributed by atoms with Gasteiger partial charge in [-0.2, -0.15) is 0 Å². The first-order valence-electron chi connectivity index (χ1n) is 7.20. The van der Waals surface area contributed by atoms with Gasteiger partial charge >= 0.3 is 0 Å². The van der Waals surface area contributed by atoms with Crippen LogP contribution in [0.5, 0.6) is 0 Å². The van der Waals surface area contributed by atoms with Gasteiger partial charge in [0, 0.05) is 19.6 Å². The van der Waals surface area contributed by atoms with E-state index in [0.717, 1.165) is 25.2 Å². The van der Waals surface area contributed by atoms with Crippen molar-refractivity contribution in [3.05, 3.63) is 33.8 Å². The van der Waals surface area contributed by atoms with Gasteiger partial charge in [-0.25, -0.2) is 0 Å². The predicted molar refractivity (Wildman–Crippen MR) is 84.5 cm³/mol. The van der Waals surface area contributed by atoms with E-state index in [2.05, 4.69) is 10.2 Å². The second kappa shape index (κ2) is 8.20. The fourth-order valence-corrected chi connectivity index (χ4v) is 2.86. The highest BCUT2D eigenvalue weighted by Crippen LogP contribution is 2.22. The zero-order chi connectivity index (χ0) is 14.4. The van der Waals surface area contributed by atoms with Crippen molar-refractivity contribution in [1.29, 1.82) is 0 Å². The molecule has 1 atom stereocenters. The zero-order valence-electron chi connectivity index (χ0n) is 11.6. The van der Waals surface area contributed by atoms with Gasteiger partial charge in [0.1, 0.15) is 0 Å².